The lowest BCUT2D eigenvalue weighted by Gasteiger charge is -2.40. The van der Waals surface area contributed by atoms with E-state index in [2.05, 4.69) is 33.9 Å². The molecule has 9 heteroatoms. The van der Waals surface area contributed by atoms with Crippen LogP contribution < -0.4 is 0 Å². The first-order valence-electron chi connectivity index (χ1n) is 13.5. The van der Waals surface area contributed by atoms with Gasteiger partial charge < -0.3 is 38.7 Å². The number of aliphatic hydroxyl groups excluding tert-OH is 3. The molecule has 39 heavy (non-hydrogen) atoms. The van der Waals surface area contributed by atoms with Crippen LogP contribution in [0.15, 0.2) is 60.7 Å². The van der Waals surface area contributed by atoms with E-state index in [1.54, 1.807) is 0 Å². The molecular weight excluding hydrogens is 516 g/mol. The zero-order valence-electron chi connectivity index (χ0n) is 24.4. The van der Waals surface area contributed by atoms with E-state index in [1.165, 1.54) is 14.0 Å². The second-order valence-corrected chi connectivity index (χ2v) is 16.2. The summed E-state index contributed by atoms with van der Waals surface area (Å²) >= 11 is 0. The number of aliphatic hydroxyl groups is 3. The molecule has 6 atom stereocenters. The van der Waals surface area contributed by atoms with Crippen LogP contribution in [-0.4, -0.2) is 80.8 Å². The highest BCUT2D eigenvalue weighted by atomic mass is 28.4. The van der Waals surface area contributed by atoms with E-state index in [4.69, 9.17) is 23.4 Å². The van der Waals surface area contributed by atoms with Gasteiger partial charge in [-0.2, -0.15) is 0 Å². The maximum absolute atomic E-state index is 11.6. The molecule has 0 unspecified atom stereocenters. The van der Waals surface area contributed by atoms with Gasteiger partial charge in [0, 0.05) is 7.11 Å². The minimum absolute atomic E-state index is 0.0391. The van der Waals surface area contributed by atoms with E-state index < -0.39 is 44.9 Å². The third-order valence-electron chi connectivity index (χ3n) is 7.26. The lowest BCUT2D eigenvalue weighted by Crippen LogP contribution is -2.56. The molecule has 220 valence electrons. The average molecular weight is 565 g/mol. The third kappa shape index (κ3) is 10.7. The van der Waals surface area contributed by atoms with E-state index in [1.807, 2.05) is 60.7 Å². The summed E-state index contributed by atoms with van der Waals surface area (Å²) in [7, 11) is -0.744. The largest absolute Gasteiger partial charge is 0.414 e. The van der Waals surface area contributed by atoms with Crippen LogP contribution in [0.3, 0.4) is 0 Å². The second-order valence-electron chi connectivity index (χ2n) is 11.4. The maximum atomic E-state index is 11.6. The van der Waals surface area contributed by atoms with Crippen molar-refractivity contribution in [2.75, 3.05) is 20.5 Å². The first-order valence-corrected chi connectivity index (χ1v) is 16.4. The molecule has 0 aliphatic heterocycles. The van der Waals surface area contributed by atoms with Crippen molar-refractivity contribution in [3.05, 3.63) is 71.8 Å². The monoisotopic (exact) mass is 564 g/mol. The number of rotatable bonds is 17. The molecule has 0 saturated carbocycles. The molecule has 0 aliphatic rings. The van der Waals surface area contributed by atoms with Crippen LogP contribution in [0.1, 0.15) is 38.8 Å². The van der Waals surface area contributed by atoms with Gasteiger partial charge in [0.15, 0.2) is 8.32 Å². The molecule has 0 amide bonds. The Morgan fingerprint density at radius 3 is 1.72 bits per heavy atom. The van der Waals surface area contributed by atoms with Gasteiger partial charge in [-0.15, -0.1) is 0 Å². The lowest BCUT2D eigenvalue weighted by molar-refractivity contribution is -0.217. The van der Waals surface area contributed by atoms with Gasteiger partial charge in [0.05, 0.1) is 25.9 Å². The summed E-state index contributed by atoms with van der Waals surface area (Å²) in [6.45, 7) is 12.7. The standard InChI is InChI=1S/C30H48O8Si/c1-22(31)26(32)29(37-21-34-5)27(33)28(36-19-24-16-12-9-13-17-24)25(20-38-39(6,7)30(2,3)4)35-18-23-14-10-8-11-15-23/h8-17,22,25-29,31-33H,18-21H2,1-7H3/t22-,25-,26+,27+,28-,29+/m1/s1. The number of benzene rings is 2. The van der Waals surface area contributed by atoms with Crippen molar-refractivity contribution < 1.29 is 38.7 Å². The molecule has 8 nitrogen and oxygen atoms in total. The van der Waals surface area contributed by atoms with Crippen LogP contribution in [0.25, 0.3) is 0 Å². The average Bonchev–Trinajstić information content (AvgIpc) is 2.90. The van der Waals surface area contributed by atoms with Gasteiger partial charge in [-0.1, -0.05) is 81.4 Å². The Morgan fingerprint density at radius 1 is 0.744 bits per heavy atom. The second kappa shape index (κ2) is 15.9. The van der Waals surface area contributed by atoms with Crippen molar-refractivity contribution in [1.29, 1.82) is 0 Å². The predicted molar refractivity (Wildman–Crippen MR) is 154 cm³/mol. The van der Waals surface area contributed by atoms with Gasteiger partial charge in [0.25, 0.3) is 0 Å². The van der Waals surface area contributed by atoms with Gasteiger partial charge in [-0.25, -0.2) is 0 Å². The topological polar surface area (TPSA) is 107 Å². The fraction of sp³-hybridized carbons (Fsp3) is 0.600. The summed E-state index contributed by atoms with van der Waals surface area (Å²) in [5.74, 6) is 0. The summed E-state index contributed by atoms with van der Waals surface area (Å²) in [4.78, 5) is 0. The van der Waals surface area contributed by atoms with Crippen molar-refractivity contribution in [3.8, 4) is 0 Å². The van der Waals surface area contributed by atoms with Crippen LogP contribution in [0, 0.1) is 0 Å². The molecule has 0 aliphatic carbocycles. The molecule has 0 fully saturated rings. The predicted octanol–water partition coefficient (Wildman–Crippen LogP) is 4.27. The molecule has 2 rings (SSSR count). The van der Waals surface area contributed by atoms with E-state index in [9.17, 15) is 15.3 Å². The molecule has 3 N–H and O–H groups in total. The molecule has 0 radical (unpaired) electrons. The normalized spacial score (nSPS) is 17.3. The van der Waals surface area contributed by atoms with E-state index in [0.717, 1.165) is 11.1 Å². The highest BCUT2D eigenvalue weighted by Gasteiger charge is 2.43. The smallest absolute Gasteiger partial charge is 0.192 e. The minimum Gasteiger partial charge on any atom is -0.414 e. The van der Waals surface area contributed by atoms with Crippen molar-refractivity contribution in [3.63, 3.8) is 0 Å². The summed E-state index contributed by atoms with van der Waals surface area (Å²) in [5.41, 5.74) is 1.87. The molecule has 0 saturated heterocycles. The summed E-state index contributed by atoms with van der Waals surface area (Å²) in [5, 5.41) is 32.5. The number of hydrogen-bond acceptors (Lipinski definition) is 8. The van der Waals surface area contributed by atoms with Gasteiger partial charge in [-0.3, -0.25) is 0 Å². The number of ether oxygens (including phenoxy) is 4. The quantitative estimate of drug-likeness (QED) is 0.193. The van der Waals surface area contributed by atoms with Crippen LogP contribution >= 0.6 is 0 Å². The first-order chi connectivity index (χ1) is 18.4. The van der Waals surface area contributed by atoms with Crippen molar-refractivity contribution in [2.45, 2.75) is 95.7 Å². The third-order valence-corrected chi connectivity index (χ3v) is 11.8. The Bertz CT molecular complexity index is 920. The van der Waals surface area contributed by atoms with Gasteiger partial charge in [0.2, 0.25) is 0 Å². The Kier molecular flexibility index (Phi) is 13.7. The molecule has 2 aromatic rings. The van der Waals surface area contributed by atoms with Gasteiger partial charge in [0.1, 0.15) is 37.3 Å². The fourth-order valence-electron chi connectivity index (χ4n) is 3.72. The Balaban J connectivity index is 2.42. The Labute approximate surface area is 235 Å². The van der Waals surface area contributed by atoms with Gasteiger partial charge >= 0.3 is 0 Å². The minimum atomic E-state index is -2.19. The van der Waals surface area contributed by atoms with E-state index >= 15 is 0 Å². The zero-order valence-corrected chi connectivity index (χ0v) is 25.4. The van der Waals surface area contributed by atoms with Gasteiger partial charge in [-0.05, 0) is 36.2 Å². The summed E-state index contributed by atoms with van der Waals surface area (Å²) < 4.78 is 30.0. The molecule has 0 spiro atoms. The number of methoxy groups -OCH3 is 1. The van der Waals surface area contributed by atoms with E-state index in [-0.39, 0.29) is 31.7 Å². The van der Waals surface area contributed by atoms with Crippen molar-refractivity contribution in [2.24, 2.45) is 0 Å². The molecular formula is C30H48O8Si. The van der Waals surface area contributed by atoms with Crippen LogP contribution in [0.5, 0.6) is 0 Å². The summed E-state index contributed by atoms with van der Waals surface area (Å²) in [6, 6.07) is 19.3. The first kappa shape index (κ1) is 33.5. The van der Waals surface area contributed by atoms with Crippen molar-refractivity contribution >= 4 is 8.32 Å². The highest BCUT2D eigenvalue weighted by molar-refractivity contribution is 6.74. The highest BCUT2D eigenvalue weighted by Crippen LogP contribution is 2.37. The SMILES string of the molecule is COCO[C@H]([C@@H](O)[C@H](OCc1ccccc1)[C@@H](CO[Si](C)(C)C(C)(C)C)OCc1ccccc1)[C@@H](O)[C@@H](C)O. The summed E-state index contributed by atoms with van der Waals surface area (Å²) in [6.07, 6.45) is -6.82. The molecule has 2 aromatic carbocycles. The Morgan fingerprint density at radius 2 is 1.26 bits per heavy atom. The van der Waals surface area contributed by atoms with Crippen LogP contribution in [-0.2, 0) is 36.6 Å². The van der Waals surface area contributed by atoms with Crippen molar-refractivity contribution in [1.82, 2.24) is 0 Å². The fourth-order valence-corrected chi connectivity index (χ4v) is 4.74. The number of hydrogen-bond donors (Lipinski definition) is 3. The van der Waals surface area contributed by atoms with Crippen LogP contribution in [0.2, 0.25) is 18.1 Å². The molecule has 0 bridgehead atoms. The Hall–Kier alpha value is -1.66. The molecule has 0 aromatic heterocycles. The van der Waals surface area contributed by atoms with Crippen LogP contribution in [0.4, 0.5) is 0 Å². The zero-order chi connectivity index (χ0) is 29.1. The maximum Gasteiger partial charge on any atom is 0.192 e. The van der Waals surface area contributed by atoms with E-state index in [0.29, 0.717) is 0 Å². The lowest BCUT2D eigenvalue weighted by atomic mass is 9.96. The molecule has 0 heterocycles.